The number of piperazine rings is 1. The van der Waals surface area contributed by atoms with Gasteiger partial charge in [-0.1, -0.05) is 48.0 Å². The summed E-state index contributed by atoms with van der Waals surface area (Å²) in [6, 6.07) is 16.6. The van der Waals surface area contributed by atoms with Crippen molar-refractivity contribution in [1.82, 2.24) is 9.80 Å². The van der Waals surface area contributed by atoms with E-state index in [0.717, 1.165) is 31.2 Å². The molecule has 0 unspecified atom stereocenters. The summed E-state index contributed by atoms with van der Waals surface area (Å²) in [5, 5.41) is 9.74. The van der Waals surface area contributed by atoms with Crippen LogP contribution in [-0.2, 0) is 13.1 Å². The minimum absolute atomic E-state index is 0.238. The van der Waals surface area contributed by atoms with E-state index in [-0.39, 0.29) is 5.78 Å². The lowest BCUT2D eigenvalue weighted by Gasteiger charge is -2.44. The highest BCUT2D eigenvalue weighted by Gasteiger charge is 2.29. The second-order valence-corrected chi connectivity index (χ2v) is 7.91. The lowest BCUT2D eigenvalue weighted by molar-refractivity contribution is 0.0290. The van der Waals surface area contributed by atoms with E-state index in [1.54, 1.807) is 12.1 Å². The summed E-state index contributed by atoms with van der Waals surface area (Å²) < 4.78 is 0. The lowest BCUT2D eigenvalue weighted by Crippen LogP contribution is -2.55. The number of halogens is 1. The zero-order valence-corrected chi connectivity index (χ0v) is 16.7. The number of aliphatic hydroxyl groups excluding tert-OH is 1. The van der Waals surface area contributed by atoms with Gasteiger partial charge in [0, 0.05) is 48.8 Å². The Morgan fingerprint density at radius 2 is 1.70 bits per heavy atom. The highest BCUT2D eigenvalue weighted by Crippen LogP contribution is 2.22. The Balaban J connectivity index is 1.60. The van der Waals surface area contributed by atoms with Crippen molar-refractivity contribution in [3.8, 4) is 0 Å². The average molecular weight is 387 g/mol. The zero-order valence-electron chi connectivity index (χ0n) is 15.9. The summed E-state index contributed by atoms with van der Waals surface area (Å²) in [5.41, 5.74) is 3.00. The van der Waals surface area contributed by atoms with Crippen molar-refractivity contribution in [2.24, 2.45) is 0 Å². The normalized spacial score (nSPS) is 21.3. The number of benzene rings is 2. The molecule has 1 saturated heterocycles. The van der Waals surface area contributed by atoms with Gasteiger partial charge in [0.05, 0.1) is 0 Å². The van der Waals surface area contributed by atoms with E-state index in [1.807, 2.05) is 30.3 Å². The van der Waals surface area contributed by atoms with Gasteiger partial charge in [-0.15, -0.1) is 0 Å². The molecule has 0 spiro atoms. The minimum Gasteiger partial charge on any atom is -0.388 e. The molecule has 0 amide bonds. The Hall–Kier alpha value is -1.72. The summed E-state index contributed by atoms with van der Waals surface area (Å²) in [7, 11) is 0. The van der Waals surface area contributed by atoms with Crippen molar-refractivity contribution in [1.29, 1.82) is 0 Å². The van der Waals surface area contributed by atoms with Crippen LogP contribution in [-0.4, -0.2) is 52.5 Å². The molecule has 0 aliphatic carbocycles. The number of carbonyl (C=O) groups excluding carboxylic acids is 1. The molecule has 1 N–H and O–H groups in total. The topological polar surface area (TPSA) is 43.8 Å². The van der Waals surface area contributed by atoms with Crippen molar-refractivity contribution in [2.75, 3.05) is 19.7 Å². The molecule has 0 aromatic heterocycles. The molecule has 2 aromatic rings. The van der Waals surface area contributed by atoms with Crippen LogP contribution in [0.5, 0.6) is 0 Å². The van der Waals surface area contributed by atoms with Gasteiger partial charge >= 0.3 is 0 Å². The van der Waals surface area contributed by atoms with Crippen LogP contribution in [0.3, 0.4) is 0 Å². The second kappa shape index (κ2) is 8.98. The molecule has 3 rings (SSSR count). The van der Waals surface area contributed by atoms with E-state index in [1.165, 1.54) is 11.1 Å². The number of Topliss-reactive ketones (excluding diaryl/α,β-unsaturated/α-hetero) is 1. The molecule has 2 aromatic carbocycles. The fourth-order valence-corrected chi connectivity index (χ4v) is 4.11. The number of hydrogen-bond donors (Lipinski definition) is 1. The number of ketones is 1. The van der Waals surface area contributed by atoms with Crippen LogP contribution in [0.15, 0.2) is 48.5 Å². The lowest BCUT2D eigenvalue weighted by atomic mass is 10.0. The third-order valence-corrected chi connectivity index (χ3v) is 5.49. The Kier molecular flexibility index (Phi) is 6.66. The van der Waals surface area contributed by atoms with Crippen molar-refractivity contribution in [3.05, 3.63) is 70.2 Å². The molecule has 2 atom stereocenters. The fraction of sp³-hybridized carbons (Fsp3) is 0.409. The van der Waals surface area contributed by atoms with Crippen molar-refractivity contribution < 1.29 is 9.90 Å². The molecular weight excluding hydrogens is 360 g/mol. The molecular formula is C22H27ClN2O2. The fourth-order valence-electron chi connectivity index (χ4n) is 3.90. The van der Waals surface area contributed by atoms with Gasteiger partial charge in [-0.3, -0.25) is 14.6 Å². The largest absolute Gasteiger partial charge is 0.388 e. The maximum Gasteiger partial charge on any atom is 0.188 e. The number of rotatable bonds is 6. The predicted molar refractivity (Wildman–Crippen MR) is 109 cm³/mol. The molecule has 0 saturated carbocycles. The van der Waals surface area contributed by atoms with E-state index < -0.39 is 6.61 Å². The molecule has 27 heavy (non-hydrogen) atoms. The van der Waals surface area contributed by atoms with E-state index >= 15 is 0 Å². The first-order valence-electron chi connectivity index (χ1n) is 9.42. The van der Waals surface area contributed by atoms with Gasteiger partial charge in [0.25, 0.3) is 0 Å². The van der Waals surface area contributed by atoms with E-state index in [4.69, 9.17) is 16.7 Å². The standard InChI is InChI=1S/C22H27ClN2O2/c1-16-11-24(13-18-6-8-20(9-7-18)22(27)15-26)12-17(2)25(16)14-19-4-3-5-21(23)10-19/h3-10,16-17,26H,11-15H2,1-2H3/t16-,17+. The number of aliphatic hydroxyl groups is 1. The van der Waals surface area contributed by atoms with Gasteiger partial charge in [-0.25, -0.2) is 0 Å². The molecule has 144 valence electrons. The summed E-state index contributed by atoms with van der Waals surface area (Å²) in [6.07, 6.45) is 0. The van der Waals surface area contributed by atoms with Crippen LogP contribution in [0.4, 0.5) is 0 Å². The quantitative estimate of drug-likeness (QED) is 0.770. The van der Waals surface area contributed by atoms with Gasteiger partial charge < -0.3 is 5.11 Å². The first-order chi connectivity index (χ1) is 13.0. The van der Waals surface area contributed by atoms with Crippen LogP contribution in [0.25, 0.3) is 0 Å². The van der Waals surface area contributed by atoms with Crippen molar-refractivity contribution in [2.45, 2.75) is 39.0 Å². The van der Waals surface area contributed by atoms with E-state index in [0.29, 0.717) is 17.6 Å². The van der Waals surface area contributed by atoms with E-state index in [9.17, 15) is 4.79 Å². The maximum atomic E-state index is 11.5. The first kappa shape index (κ1) is 20.0. The predicted octanol–water partition coefficient (Wildman–Crippen LogP) is 3.61. The SMILES string of the molecule is C[C@@H]1CN(Cc2ccc(C(=O)CO)cc2)C[C@H](C)N1Cc1cccc(Cl)c1. The van der Waals surface area contributed by atoms with Crippen molar-refractivity contribution >= 4 is 17.4 Å². The number of carbonyl (C=O) groups is 1. The van der Waals surface area contributed by atoms with Crippen LogP contribution in [0, 0.1) is 0 Å². The Bertz CT molecular complexity index is 766. The third kappa shape index (κ3) is 5.17. The van der Waals surface area contributed by atoms with Crippen LogP contribution < -0.4 is 0 Å². The Morgan fingerprint density at radius 1 is 1.04 bits per heavy atom. The van der Waals surface area contributed by atoms with Crippen molar-refractivity contribution in [3.63, 3.8) is 0 Å². The van der Waals surface area contributed by atoms with Gasteiger partial charge in [0.2, 0.25) is 0 Å². The Morgan fingerprint density at radius 3 is 2.30 bits per heavy atom. The van der Waals surface area contributed by atoms with Crippen LogP contribution >= 0.6 is 11.6 Å². The molecule has 1 fully saturated rings. The maximum absolute atomic E-state index is 11.5. The summed E-state index contributed by atoms with van der Waals surface area (Å²) >= 11 is 6.13. The number of hydrogen-bond acceptors (Lipinski definition) is 4. The zero-order chi connectivity index (χ0) is 19.4. The first-order valence-corrected chi connectivity index (χ1v) is 9.79. The molecule has 1 aliphatic rings. The highest BCUT2D eigenvalue weighted by atomic mass is 35.5. The molecule has 1 heterocycles. The summed E-state index contributed by atoms with van der Waals surface area (Å²) in [4.78, 5) is 16.5. The molecule has 0 bridgehead atoms. The second-order valence-electron chi connectivity index (χ2n) is 7.47. The molecule has 5 heteroatoms. The summed E-state index contributed by atoms with van der Waals surface area (Å²) in [6.45, 7) is 7.89. The molecule has 0 radical (unpaired) electrons. The molecule has 4 nitrogen and oxygen atoms in total. The highest BCUT2D eigenvalue weighted by molar-refractivity contribution is 6.30. The van der Waals surface area contributed by atoms with Gasteiger partial charge in [-0.2, -0.15) is 0 Å². The van der Waals surface area contributed by atoms with Gasteiger partial charge in [0.1, 0.15) is 6.61 Å². The van der Waals surface area contributed by atoms with Gasteiger partial charge in [-0.05, 0) is 37.1 Å². The van der Waals surface area contributed by atoms with E-state index in [2.05, 4.69) is 29.7 Å². The Labute approximate surface area is 166 Å². The average Bonchev–Trinajstić information content (AvgIpc) is 2.65. The monoisotopic (exact) mass is 386 g/mol. The van der Waals surface area contributed by atoms with Gasteiger partial charge in [0.15, 0.2) is 5.78 Å². The molecule has 1 aliphatic heterocycles. The number of nitrogens with zero attached hydrogens (tertiary/aromatic N) is 2. The minimum atomic E-state index is -0.442. The van der Waals surface area contributed by atoms with Crippen LogP contribution in [0.2, 0.25) is 5.02 Å². The smallest absolute Gasteiger partial charge is 0.188 e. The third-order valence-electron chi connectivity index (χ3n) is 5.26. The van der Waals surface area contributed by atoms with Crippen LogP contribution in [0.1, 0.15) is 35.3 Å². The summed E-state index contributed by atoms with van der Waals surface area (Å²) in [5.74, 6) is -0.238.